The van der Waals surface area contributed by atoms with Crippen molar-refractivity contribution in [3.63, 3.8) is 0 Å². The van der Waals surface area contributed by atoms with Gasteiger partial charge in [0.2, 0.25) is 0 Å². The highest BCUT2D eigenvalue weighted by atomic mass is 19.4. The zero-order chi connectivity index (χ0) is 14.1. The Morgan fingerprint density at radius 1 is 1.16 bits per heavy atom. The fourth-order valence-electron chi connectivity index (χ4n) is 1.88. The number of nitrogens with one attached hydrogen (secondary N) is 1. The molecule has 1 aromatic rings. The lowest BCUT2D eigenvalue weighted by Crippen LogP contribution is -2.35. The minimum atomic E-state index is -5.60. The molecule has 2 rings (SSSR count). The Balaban J connectivity index is 2.28. The largest absolute Gasteiger partial charge is 0.458 e. The van der Waals surface area contributed by atoms with Crippen LogP contribution in [0.25, 0.3) is 0 Å². The summed E-state index contributed by atoms with van der Waals surface area (Å²) in [6.45, 7) is 1.42. The first-order chi connectivity index (χ1) is 8.82. The molecule has 0 spiro atoms. The van der Waals surface area contributed by atoms with Gasteiger partial charge in [-0.3, -0.25) is 0 Å². The van der Waals surface area contributed by atoms with Gasteiger partial charge in [0.25, 0.3) is 0 Å². The number of ether oxygens (including phenoxy) is 1. The Morgan fingerprint density at radius 2 is 1.89 bits per heavy atom. The molecule has 19 heavy (non-hydrogen) atoms. The molecule has 0 radical (unpaired) electrons. The van der Waals surface area contributed by atoms with E-state index in [1.165, 1.54) is 12.1 Å². The summed E-state index contributed by atoms with van der Waals surface area (Å²) in [5, 5.41) is 2.99. The summed E-state index contributed by atoms with van der Waals surface area (Å²) in [5.74, 6) is -4.86. The van der Waals surface area contributed by atoms with Crippen molar-refractivity contribution in [1.82, 2.24) is 5.32 Å². The van der Waals surface area contributed by atoms with Crippen LogP contribution in [0.4, 0.5) is 22.0 Å². The number of hydrogen-bond donors (Lipinski definition) is 1. The van der Waals surface area contributed by atoms with E-state index in [4.69, 9.17) is 4.74 Å². The van der Waals surface area contributed by atoms with Crippen LogP contribution in [0, 0.1) is 0 Å². The van der Waals surface area contributed by atoms with Crippen molar-refractivity contribution in [2.45, 2.75) is 18.2 Å². The third-order valence-corrected chi connectivity index (χ3v) is 2.90. The zero-order valence-electron chi connectivity index (χ0n) is 9.81. The Hall–Kier alpha value is -1.21. The van der Waals surface area contributed by atoms with Crippen LogP contribution in [0.1, 0.15) is 17.2 Å². The first kappa shape index (κ1) is 14.2. The minimum absolute atomic E-state index is 0.314. The van der Waals surface area contributed by atoms with Crippen molar-refractivity contribution in [1.29, 1.82) is 0 Å². The van der Waals surface area contributed by atoms with Crippen LogP contribution in [0.2, 0.25) is 0 Å². The van der Waals surface area contributed by atoms with Gasteiger partial charge in [0, 0.05) is 18.7 Å². The van der Waals surface area contributed by atoms with Crippen molar-refractivity contribution >= 4 is 0 Å². The normalized spacial score (nSPS) is 21.4. The van der Waals surface area contributed by atoms with Crippen LogP contribution in [0.15, 0.2) is 24.3 Å². The van der Waals surface area contributed by atoms with Crippen molar-refractivity contribution < 1.29 is 26.7 Å². The van der Waals surface area contributed by atoms with Gasteiger partial charge in [0.05, 0.1) is 12.7 Å². The van der Waals surface area contributed by atoms with Gasteiger partial charge in [-0.05, 0) is 11.6 Å². The van der Waals surface area contributed by atoms with Crippen LogP contribution in [0.3, 0.4) is 0 Å². The van der Waals surface area contributed by atoms with Gasteiger partial charge in [-0.25, -0.2) is 0 Å². The predicted molar refractivity (Wildman–Crippen MR) is 58.0 cm³/mol. The molecule has 2 nitrogen and oxygen atoms in total. The smallest absolute Gasteiger partial charge is 0.371 e. The minimum Gasteiger partial charge on any atom is -0.371 e. The fourth-order valence-corrected chi connectivity index (χ4v) is 1.88. The first-order valence-electron chi connectivity index (χ1n) is 5.69. The van der Waals surface area contributed by atoms with E-state index in [0.717, 1.165) is 12.1 Å². The third kappa shape index (κ3) is 2.87. The molecule has 7 heteroatoms. The van der Waals surface area contributed by atoms with Gasteiger partial charge < -0.3 is 10.1 Å². The predicted octanol–water partition coefficient (Wildman–Crippen LogP) is 3.00. The van der Waals surface area contributed by atoms with E-state index in [2.05, 4.69) is 5.32 Å². The number of alkyl halides is 5. The van der Waals surface area contributed by atoms with Crippen LogP contribution in [-0.2, 0) is 10.7 Å². The number of benzene rings is 1. The lowest BCUT2D eigenvalue weighted by atomic mass is 10.0. The summed E-state index contributed by atoms with van der Waals surface area (Å²) in [4.78, 5) is 0. The van der Waals surface area contributed by atoms with E-state index in [0.29, 0.717) is 25.3 Å². The molecule has 106 valence electrons. The number of rotatable bonds is 2. The SMILES string of the molecule is FC(F)(F)C(F)(F)c1cccc(C2CNCCO2)c1. The second kappa shape index (κ2) is 5.05. The van der Waals surface area contributed by atoms with Crippen molar-refractivity contribution in [2.75, 3.05) is 19.7 Å². The maximum atomic E-state index is 13.2. The monoisotopic (exact) mass is 281 g/mol. The third-order valence-electron chi connectivity index (χ3n) is 2.90. The molecule has 0 amide bonds. The summed E-state index contributed by atoms with van der Waals surface area (Å²) in [6.07, 6.45) is -6.10. The summed E-state index contributed by atoms with van der Waals surface area (Å²) >= 11 is 0. The number of halogens is 5. The van der Waals surface area contributed by atoms with Gasteiger partial charge in [-0.1, -0.05) is 18.2 Å². The first-order valence-corrected chi connectivity index (χ1v) is 5.69. The van der Waals surface area contributed by atoms with E-state index in [1.54, 1.807) is 0 Å². The van der Waals surface area contributed by atoms with E-state index in [9.17, 15) is 22.0 Å². The van der Waals surface area contributed by atoms with E-state index in [-0.39, 0.29) is 0 Å². The van der Waals surface area contributed by atoms with E-state index >= 15 is 0 Å². The molecule has 0 aliphatic carbocycles. The standard InChI is InChI=1S/C12H12F5NO/c13-11(14,12(15,16)17)9-3-1-2-8(6-9)10-7-18-4-5-19-10/h1-3,6,10,18H,4-5,7H2. The highest BCUT2D eigenvalue weighted by molar-refractivity contribution is 5.29. The molecule has 1 N–H and O–H groups in total. The van der Waals surface area contributed by atoms with E-state index < -0.39 is 23.8 Å². The average Bonchev–Trinajstić information content (AvgIpc) is 2.39. The van der Waals surface area contributed by atoms with Crippen LogP contribution < -0.4 is 5.32 Å². The Labute approximate surface area is 106 Å². The van der Waals surface area contributed by atoms with Crippen LogP contribution in [0.5, 0.6) is 0 Å². The molecule has 0 bridgehead atoms. The molecule has 1 unspecified atom stereocenters. The lowest BCUT2D eigenvalue weighted by Gasteiger charge is -2.25. The Kier molecular flexibility index (Phi) is 3.78. The maximum Gasteiger partial charge on any atom is 0.458 e. The van der Waals surface area contributed by atoms with Crippen molar-refractivity contribution in [3.05, 3.63) is 35.4 Å². The molecular weight excluding hydrogens is 269 g/mol. The quantitative estimate of drug-likeness (QED) is 0.841. The van der Waals surface area contributed by atoms with E-state index in [1.807, 2.05) is 0 Å². The molecule has 1 aromatic carbocycles. The molecule has 1 aliphatic heterocycles. The Morgan fingerprint density at radius 3 is 2.47 bits per heavy atom. The van der Waals surface area contributed by atoms with Gasteiger partial charge in [0.1, 0.15) is 0 Å². The molecule has 1 saturated heterocycles. The van der Waals surface area contributed by atoms with Crippen LogP contribution in [-0.4, -0.2) is 25.9 Å². The molecule has 1 atom stereocenters. The Bertz CT molecular complexity index is 440. The molecule has 0 saturated carbocycles. The van der Waals surface area contributed by atoms with Crippen molar-refractivity contribution in [2.24, 2.45) is 0 Å². The molecule has 0 aromatic heterocycles. The van der Waals surface area contributed by atoms with Gasteiger partial charge in [-0.2, -0.15) is 22.0 Å². The second-order valence-corrected chi connectivity index (χ2v) is 4.26. The highest BCUT2D eigenvalue weighted by Gasteiger charge is 2.58. The van der Waals surface area contributed by atoms with Crippen molar-refractivity contribution in [3.8, 4) is 0 Å². The highest BCUT2D eigenvalue weighted by Crippen LogP contribution is 2.44. The molecular formula is C12H12F5NO. The summed E-state index contributed by atoms with van der Waals surface area (Å²) in [7, 11) is 0. The maximum absolute atomic E-state index is 13.2. The van der Waals surface area contributed by atoms with Gasteiger partial charge in [-0.15, -0.1) is 0 Å². The molecule has 1 heterocycles. The second-order valence-electron chi connectivity index (χ2n) is 4.26. The van der Waals surface area contributed by atoms with Gasteiger partial charge >= 0.3 is 12.1 Å². The zero-order valence-corrected chi connectivity index (χ0v) is 9.81. The number of morpholine rings is 1. The molecule has 1 fully saturated rings. The summed E-state index contributed by atoms with van der Waals surface area (Å²) in [6, 6.07) is 4.29. The van der Waals surface area contributed by atoms with Gasteiger partial charge in [0.15, 0.2) is 0 Å². The fraction of sp³-hybridized carbons (Fsp3) is 0.500. The summed E-state index contributed by atoms with van der Waals surface area (Å²) < 4.78 is 68.7. The summed E-state index contributed by atoms with van der Waals surface area (Å²) in [5.41, 5.74) is -0.750. The average molecular weight is 281 g/mol. The topological polar surface area (TPSA) is 21.3 Å². The number of hydrogen-bond acceptors (Lipinski definition) is 2. The molecule has 1 aliphatic rings. The lowest BCUT2D eigenvalue weighted by molar-refractivity contribution is -0.289. The van der Waals surface area contributed by atoms with Crippen LogP contribution >= 0.6 is 0 Å².